The normalized spacial score (nSPS) is 17.4. The highest BCUT2D eigenvalue weighted by Crippen LogP contribution is 2.35. The van der Waals surface area contributed by atoms with E-state index in [9.17, 15) is 26.3 Å². The van der Waals surface area contributed by atoms with E-state index in [1.54, 1.807) is 0 Å². The lowest BCUT2D eigenvalue weighted by molar-refractivity contribution is -0.138. The molecule has 3 aromatic carbocycles. The van der Waals surface area contributed by atoms with Crippen LogP contribution in [0, 0.1) is 0 Å². The quantitative estimate of drug-likeness (QED) is 0.369. The third-order valence-corrected chi connectivity index (χ3v) is 5.88. The summed E-state index contributed by atoms with van der Waals surface area (Å²) in [5, 5.41) is 0. The van der Waals surface area contributed by atoms with E-state index in [-0.39, 0.29) is 5.92 Å². The minimum Gasteiger partial charge on any atom is -0.371 e. The first-order chi connectivity index (χ1) is 15.1. The van der Waals surface area contributed by atoms with Gasteiger partial charge >= 0.3 is 12.4 Å². The van der Waals surface area contributed by atoms with E-state index >= 15 is 0 Å². The van der Waals surface area contributed by atoms with E-state index in [0.717, 1.165) is 60.5 Å². The lowest BCUT2D eigenvalue weighted by Crippen LogP contribution is -2.34. The molecular formula is C25H21F6N. The number of benzene rings is 3. The van der Waals surface area contributed by atoms with Crippen molar-refractivity contribution >= 4 is 5.69 Å². The molecule has 0 aliphatic carbocycles. The predicted molar refractivity (Wildman–Crippen MR) is 113 cm³/mol. The summed E-state index contributed by atoms with van der Waals surface area (Å²) in [5.74, 6) is 0.181. The minimum absolute atomic E-state index is 0.181. The van der Waals surface area contributed by atoms with Crippen LogP contribution in [0.15, 0.2) is 72.8 Å². The number of nitrogens with zero attached hydrogens (tertiary/aromatic N) is 1. The summed E-state index contributed by atoms with van der Waals surface area (Å²) < 4.78 is 77.0. The average molecular weight is 449 g/mol. The topological polar surface area (TPSA) is 3.24 Å². The Balaban J connectivity index is 1.52. The summed E-state index contributed by atoms with van der Waals surface area (Å²) in [6.45, 7) is 1.43. The summed E-state index contributed by atoms with van der Waals surface area (Å²) in [6, 6.07) is 18.0. The number of hydrogen-bond acceptors (Lipinski definition) is 1. The van der Waals surface area contributed by atoms with Crippen molar-refractivity contribution in [2.24, 2.45) is 0 Å². The van der Waals surface area contributed by atoms with Crippen molar-refractivity contribution in [1.29, 1.82) is 0 Å². The van der Waals surface area contributed by atoms with E-state index in [0.29, 0.717) is 12.1 Å². The van der Waals surface area contributed by atoms with Crippen LogP contribution in [0.4, 0.5) is 32.0 Å². The number of anilines is 1. The molecule has 1 fully saturated rings. The molecule has 32 heavy (non-hydrogen) atoms. The fourth-order valence-electron chi connectivity index (χ4n) is 4.17. The number of rotatable bonds is 3. The predicted octanol–water partition coefficient (Wildman–Crippen LogP) is 7.78. The second-order valence-electron chi connectivity index (χ2n) is 8.03. The van der Waals surface area contributed by atoms with Crippen LogP contribution in [0.3, 0.4) is 0 Å². The smallest absolute Gasteiger partial charge is 0.371 e. The Morgan fingerprint density at radius 1 is 0.688 bits per heavy atom. The summed E-state index contributed by atoms with van der Waals surface area (Å²) >= 11 is 0. The minimum atomic E-state index is -4.37. The zero-order chi connectivity index (χ0) is 22.9. The van der Waals surface area contributed by atoms with Crippen LogP contribution >= 0.6 is 0 Å². The molecule has 0 amide bonds. The molecular weight excluding hydrogens is 428 g/mol. The molecule has 0 spiro atoms. The lowest BCUT2D eigenvalue weighted by atomic mass is 9.88. The molecule has 1 aliphatic heterocycles. The molecule has 1 saturated heterocycles. The second-order valence-corrected chi connectivity index (χ2v) is 8.03. The Hall–Kier alpha value is -2.96. The van der Waals surface area contributed by atoms with Crippen molar-refractivity contribution in [3.63, 3.8) is 0 Å². The average Bonchev–Trinajstić information content (AvgIpc) is 2.78. The van der Waals surface area contributed by atoms with Crippen molar-refractivity contribution in [2.75, 3.05) is 18.0 Å². The van der Waals surface area contributed by atoms with Crippen LogP contribution in [0.25, 0.3) is 11.1 Å². The Labute approximate surface area is 182 Å². The molecule has 0 N–H and O–H groups in total. The van der Waals surface area contributed by atoms with Crippen molar-refractivity contribution < 1.29 is 26.3 Å². The van der Waals surface area contributed by atoms with E-state index in [1.807, 2.05) is 24.3 Å². The third kappa shape index (κ3) is 4.92. The molecule has 0 radical (unpaired) electrons. The zero-order valence-corrected chi connectivity index (χ0v) is 17.0. The van der Waals surface area contributed by atoms with Gasteiger partial charge in [0.15, 0.2) is 0 Å². The van der Waals surface area contributed by atoms with E-state index in [2.05, 4.69) is 4.90 Å². The molecule has 0 aromatic heterocycles. The van der Waals surface area contributed by atoms with Gasteiger partial charge in [-0.05, 0) is 65.9 Å². The Morgan fingerprint density at radius 2 is 1.28 bits per heavy atom. The van der Waals surface area contributed by atoms with E-state index in [4.69, 9.17) is 0 Å². The van der Waals surface area contributed by atoms with Gasteiger partial charge in [-0.3, -0.25) is 0 Å². The van der Waals surface area contributed by atoms with Gasteiger partial charge in [0.2, 0.25) is 0 Å². The summed E-state index contributed by atoms with van der Waals surface area (Å²) in [5.41, 5.74) is 2.01. The molecule has 1 nitrogen and oxygen atoms in total. The molecule has 4 rings (SSSR count). The van der Waals surface area contributed by atoms with Crippen molar-refractivity contribution in [1.82, 2.24) is 0 Å². The fourth-order valence-corrected chi connectivity index (χ4v) is 4.17. The highest BCUT2D eigenvalue weighted by Gasteiger charge is 2.31. The van der Waals surface area contributed by atoms with Gasteiger partial charge in [-0.15, -0.1) is 0 Å². The zero-order valence-electron chi connectivity index (χ0n) is 17.0. The van der Waals surface area contributed by atoms with Crippen LogP contribution in [0.5, 0.6) is 0 Å². The van der Waals surface area contributed by atoms with Gasteiger partial charge in [-0.2, -0.15) is 26.3 Å². The summed E-state index contributed by atoms with van der Waals surface area (Å²) in [4.78, 5) is 2.08. The molecule has 1 atom stereocenters. The highest BCUT2D eigenvalue weighted by molar-refractivity contribution is 5.65. The maximum Gasteiger partial charge on any atom is 0.416 e. The van der Waals surface area contributed by atoms with Crippen molar-refractivity contribution in [2.45, 2.75) is 31.1 Å². The van der Waals surface area contributed by atoms with Crippen LogP contribution in [0.1, 0.15) is 35.4 Å². The van der Waals surface area contributed by atoms with Gasteiger partial charge in [0.25, 0.3) is 0 Å². The molecule has 0 saturated carbocycles. The molecule has 168 valence electrons. The second kappa shape index (κ2) is 8.52. The van der Waals surface area contributed by atoms with Gasteiger partial charge in [0.1, 0.15) is 0 Å². The first-order valence-corrected chi connectivity index (χ1v) is 10.3. The molecule has 7 heteroatoms. The Kier molecular flexibility index (Phi) is 5.93. The molecule has 1 aliphatic rings. The Morgan fingerprint density at radius 3 is 1.88 bits per heavy atom. The SMILES string of the molecule is FC(F)(F)c1ccc(-c2cccc(C3CCCN(c4ccc(C(F)(F)F)cc4)C3)c2)cc1. The van der Waals surface area contributed by atoms with Gasteiger partial charge in [0.05, 0.1) is 11.1 Å². The van der Waals surface area contributed by atoms with E-state index < -0.39 is 23.5 Å². The van der Waals surface area contributed by atoms with Crippen molar-refractivity contribution in [3.05, 3.63) is 89.5 Å². The van der Waals surface area contributed by atoms with Gasteiger partial charge in [-0.1, -0.05) is 36.4 Å². The van der Waals surface area contributed by atoms with Crippen molar-refractivity contribution in [3.8, 4) is 11.1 Å². The summed E-state index contributed by atoms with van der Waals surface area (Å²) in [7, 11) is 0. The third-order valence-electron chi connectivity index (χ3n) is 5.88. The first kappa shape index (κ1) is 22.2. The highest BCUT2D eigenvalue weighted by atomic mass is 19.4. The van der Waals surface area contributed by atoms with Gasteiger partial charge < -0.3 is 4.90 Å². The largest absolute Gasteiger partial charge is 0.416 e. The number of alkyl halides is 6. The van der Waals surface area contributed by atoms with Gasteiger partial charge in [0, 0.05) is 24.7 Å². The van der Waals surface area contributed by atoms with Crippen LogP contribution < -0.4 is 4.90 Å². The Bertz CT molecular complexity index is 1050. The summed E-state index contributed by atoms with van der Waals surface area (Å²) in [6.07, 6.45) is -6.89. The lowest BCUT2D eigenvalue weighted by Gasteiger charge is -2.35. The van der Waals surface area contributed by atoms with Crippen LogP contribution in [-0.4, -0.2) is 13.1 Å². The molecule has 0 bridgehead atoms. The number of halogens is 6. The maximum absolute atomic E-state index is 12.8. The van der Waals surface area contributed by atoms with Gasteiger partial charge in [-0.25, -0.2) is 0 Å². The molecule has 1 unspecified atom stereocenters. The van der Waals surface area contributed by atoms with E-state index in [1.165, 1.54) is 24.3 Å². The number of hydrogen-bond donors (Lipinski definition) is 0. The molecule has 3 aromatic rings. The van der Waals surface area contributed by atoms with Crippen LogP contribution in [-0.2, 0) is 12.4 Å². The fraction of sp³-hybridized carbons (Fsp3) is 0.280. The maximum atomic E-state index is 12.8. The monoisotopic (exact) mass is 449 g/mol. The van der Waals surface area contributed by atoms with Crippen LogP contribution in [0.2, 0.25) is 0 Å². The number of piperidine rings is 1. The standard InChI is InChI=1S/C25H21F6N/c26-24(27,28)21-8-6-17(7-9-21)18-3-1-4-19(15-18)20-5-2-14-32(16-20)23-12-10-22(11-13-23)25(29,30)31/h1,3-4,6-13,15,20H,2,5,14,16H2. The molecule has 1 heterocycles. The first-order valence-electron chi connectivity index (χ1n) is 10.3.